The summed E-state index contributed by atoms with van der Waals surface area (Å²) in [6.45, 7) is 0. The molecule has 0 aromatic heterocycles. The van der Waals surface area contributed by atoms with Gasteiger partial charge in [0.15, 0.2) is 0 Å². The molecule has 0 heterocycles. The number of aliphatic carboxylic acids is 1. The first-order valence-corrected chi connectivity index (χ1v) is 7.89. The molecule has 7 nitrogen and oxygen atoms in total. The Balaban J connectivity index is 2.49. The minimum atomic E-state index is -3.49. The molecule has 0 aliphatic carbocycles. The van der Waals surface area contributed by atoms with Gasteiger partial charge in [0.1, 0.15) is 0 Å². The number of carbonyl (C=O) groups is 2. The standard InChI is InChI=1S/C13H18N2O5S/c1-14-21(19,20)11-8-6-10(7-9-11)15-12(16)4-2-3-5-13(17)18/h6-9,14H,2-5H2,1H3,(H,15,16)(H,17,18). The molecule has 0 bridgehead atoms. The number of amides is 1. The van der Waals surface area contributed by atoms with Crippen molar-refractivity contribution in [2.24, 2.45) is 0 Å². The van der Waals surface area contributed by atoms with E-state index in [9.17, 15) is 18.0 Å². The van der Waals surface area contributed by atoms with Crippen molar-refractivity contribution in [3.05, 3.63) is 24.3 Å². The highest BCUT2D eigenvalue weighted by Crippen LogP contribution is 2.14. The third-order valence-corrected chi connectivity index (χ3v) is 4.19. The predicted octanol–water partition coefficient (Wildman–Crippen LogP) is 1.18. The second kappa shape index (κ2) is 7.75. The van der Waals surface area contributed by atoms with Crippen LogP contribution in [0.4, 0.5) is 5.69 Å². The summed E-state index contributed by atoms with van der Waals surface area (Å²) in [7, 11) is -2.17. The number of carboxylic acid groups (broad SMARTS) is 1. The van der Waals surface area contributed by atoms with Crippen molar-refractivity contribution in [3.8, 4) is 0 Å². The highest BCUT2D eigenvalue weighted by molar-refractivity contribution is 7.89. The van der Waals surface area contributed by atoms with E-state index in [1.54, 1.807) is 0 Å². The van der Waals surface area contributed by atoms with E-state index in [0.29, 0.717) is 18.5 Å². The fourth-order valence-corrected chi connectivity index (χ4v) is 2.35. The first-order chi connectivity index (χ1) is 9.85. The molecule has 3 N–H and O–H groups in total. The molecule has 0 aliphatic rings. The minimum absolute atomic E-state index is 0.0455. The molecular weight excluding hydrogens is 296 g/mol. The average Bonchev–Trinajstić information content (AvgIpc) is 2.44. The van der Waals surface area contributed by atoms with Gasteiger partial charge in [0.25, 0.3) is 0 Å². The predicted molar refractivity (Wildman–Crippen MR) is 77.4 cm³/mol. The Morgan fingerprint density at radius 2 is 1.67 bits per heavy atom. The van der Waals surface area contributed by atoms with E-state index in [2.05, 4.69) is 10.0 Å². The van der Waals surface area contributed by atoms with Gasteiger partial charge < -0.3 is 10.4 Å². The van der Waals surface area contributed by atoms with Crippen molar-refractivity contribution in [2.75, 3.05) is 12.4 Å². The Morgan fingerprint density at radius 3 is 2.19 bits per heavy atom. The zero-order valence-electron chi connectivity index (χ0n) is 11.6. The fraction of sp³-hybridized carbons (Fsp3) is 0.385. The minimum Gasteiger partial charge on any atom is -0.481 e. The maximum Gasteiger partial charge on any atom is 0.303 e. The summed E-state index contributed by atoms with van der Waals surface area (Å²) in [5, 5.41) is 11.1. The molecular formula is C13H18N2O5S. The van der Waals surface area contributed by atoms with Gasteiger partial charge in [-0.2, -0.15) is 0 Å². The number of hydrogen-bond donors (Lipinski definition) is 3. The van der Waals surface area contributed by atoms with Crippen molar-refractivity contribution in [3.63, 3.8) is 0 Å². The summed E-state index contributed by atoms with van der Waals surface area (Å²) in [6.07, 6.45) is 1.21. The van der Waals surface area contributed by atoms with E-state index in [1.807, 2.05) is 0 Å². The molecule has 0 aliphatic heterocycles. The van der Waals surface area contributed by atoms with Crippen LogP contribution in [-0.2, 0) is 19.6 Å². The second-order valence-corrected chi connectivity index (χ2v) is 6.27. The van der Waals surface area contributed by atoms with Crippen LogP contribution >= 0.6 is 0 Å². The molecule has 1 rings (SSSR count). The monoisotopic (exact) mass is 314 g/mol. The summed E-state index contributed by atoms with van der Waals surface area (Å²) in [5.74, 6) is -1.11. The van der Waals surface area contributed by atoms with E-state index in [-0.39, 0.29) is 23.6 Å². The third kappa shape index (κ3) is 5.92. The number of carbonyl (C=O) groups excluding carboxylic acids is 1. The van der Waals surface area contributed by atoms with E-state index < -0.39 is 16.0 Å². The first-order valence-electron chi connectivity index (χ1n) is 6.40. The van der Waals surface area contributed by atoms with Crippen LogP contribution in [0.15, 0.2) is 29.2 Å². The highest BCUT2D eigenvalue weighted by Gasteiger charge is 2.11. The topological polar surface area (TPSA) is 113 Å². The van der Waals surface area contributed by atoms with Crippen LogP contribution < -0.4 is 10.0 Å². The number of hydrogen-bond acceptors (Lipinski definition) is 4. The molecule has 0 saturated carbocycles. The summed E-state index contributed by atoms with van der Waals surface area (Å²) >= 11 is 0. The second-order valence-electron chi connectivity index (χ2n) is 4.38. The third-order valence-electron chi connectivity index (χ3n) is 2.76. The van der Waals surface area contributed by atoms with Crippen molar-refractivity contribution < 1.29 is 23.1 Å². The van der Waals surface area contributed by atoms with Crippen LogP contribution in [0.1, 0.15) is 25.7 Å². The normalized spacial score (nSPS) is 11.1. The molecule has 1 aromatic rings. The molecule has 116 valence electrons. The Morgan fingerprint density at radius 1 is 1.10 bits per heavy atom. The van der Waals surface area contributed by atoms with Gasteiger partial charge in [-0.1, -0.05) is 0 Å². The lowest BCUT2D eigenvalue weighted by Gasteiger charge is -2.06. The summed E-state index contributed by atoms with van der Waals surface area (Å²) in [4.78, 5) is 22.0. The number of unbranched alkanes of at least 4 members (excludes halogenated alkanes) is 1. The number of nitrogens with one attached hydrogen (secondary N) is 2. The molecule has 1 amide bonds. The SMILES string of the molecule is CNS(=O)(=O)c1ccc(NC(=O)CCCCC(=O)O)cc1. The van der Waals surface area contributed by atoms with Crippen LogP contribution in [0.2, 0.25) is 0 Å². The zero-order chi connectivity index (χ0) is 15.9. The van der Waals surface area contributed by atoms with Crippen molar-refractivity contribution in [1.29, 1.82) is 0 Å². The maximum absolute atomic E-state index is 11.6. The molecule has 21 heavy (non-hydrogen) atoms. The van der Waals surface area contributed by atoms with Crippen molar-refractivity contribution >= 4 is 27.6 Å². The molecule has 0 atom stereocenters. The molecule has 0 radical (unpaired) electrons. The van der Waals surface area contributed by atoms with Crippen LogP contribution in [0.25, 0.3) is 0 Å². The Hall–Kier alpha value is -1.93. The van der Waals surface area contributed by atoms with Gasteiger partial charge in [0, 0.05) is 18.5 Å². The zero-order valence-corrected chi connectivity index (χ0v) is 12.4. The lowest BCUT2D eigenvalue weighted by Crippen LogP contribution is -2.18. The molecule has 8 heteroatoms. The summed E-state index contributed by atoms with van der Waals surface area (Å²) in [5.41, 5.74) is 0.494. The van der Waals surface area contributed by atoms with Gasteiger partial charge in [0.05, 0.1) is 4.90 Å². The molecule has 0 saturated heterocycles. The number of carboxylic acids is 1. The Bertz CT molecular complexity index is 595. The maximum atomic E-state index is 11.6. The van der Waals surface area contributed by atoms with Gasteiger partial charge in [-0.05, 0) is 44.2 Å². The Kier molecular flexibility index (Phi) is 6.32. The van der Waals surface area contributed by atoms with E-state index in [0.717, 1.165) is 0 Å². The van der Waals surface area contributed by atoms with Gasteiger partial charge in [-0.3, -0.25) is 9.59 Å². The van der Waals surface area contributed by atoms with Crippen LogP contribution in [0.5, 0.6) is 0 Å². The van der Waals surface area contributed by atoms with E-state index >= 15 is 0 Å². The van der Waals surface area contributed by atoms with Crippen LogP contribution in [-0.4, -0.2) is 32.4 Å². The smallest absolute Gasteiger partial charge is 0.303 e. The first kappa shape index (κ1) is 17.1. The van der Waals surface area contributed by atoms with Crippen molar-refractivity contribution in [2.45, 2.75) is 30.6 Å². The van der Waals surface area contributed by atoms with Gasteiger partial charge in [0.2, 0.25) is 15.9 Å². The van der Waals surface area contributed by atoms with E-state index in [1.165, 1.54) is 31.3 Å². The summed E-state index contributed by atoms with van der Waals surface area (Å²) in [6, 6.07) is 5.79. The number of rotatable bonds is 8. The number of benzene rings is 1. The lowest BCUT2D eigenvalue weighted by molar-refractivity contribution is -0.137. The molecule has 0 spiro atoms. The van der Waals surface area contributed by atoms with Crippen LogP contribution in [0.3, 0.4) is 0 Å². The van der Waals surface area contributed by atoms with Gasteiger partial charge in [-0.25, -0.2) is 13.1 Å². The fourth-order valence-electron chi connectivity index (χ4n) is 1.62. The van der Waals surface area contributed by atoms with Crippen LogP contribution in [0, 0.1) is 0 Å². The average molecular weight is 314 g/mol. The molecule has 1 aromatic carbocycles. The van der Waals surface area contributed by atoms with Gasteiger partial charge >= 0.3 is 5.97 Å². The Labute approximate surface area is 123 Å². The number of sulfonamides is 1. The largest absolute Gasteiger partial charge is 0.481 e. The molecule has 0 fully saturated rings. The quantitative estimate of drug-likeness (QED) is 0.624. The lowest BCUT2D eigenvalue weighted by atomic mass is 10.2. The number of anilines is 1. The van der Waals surface area contributed by atoms with Gasteiger partial charge in [-0.15, -0.1) is 0 Å². The highest BCUT2D eigenvalue weighted by atomic mass is 32.2. The van der Waals surface area contributed by atoms with E-state index in [4.69, 9.17) is 5.11 Å². The summed E-state index contributed by atoms with van der Waals surface area (Å²) < 4.78 is 25.2. The van der Waals surface area contributed by atoms with Crippen molar-refractivity contribution in [1.82, 2.24) is 4.72 Å². The molecule has 0 unspecified atom stereocenters.